The van der Waals surface area contributed by atoms with Gasteiger partial charge in [0.15, 0.2) is 5.84 Å². The smallest absolute Gasteiger partial charge is 0.208 e. The van der Waals surface area contributed by atoms with E-state index in [0.29, 0.717) is 5.92 Å². The Morgan fingerprint density at radius 3 is 3.09 bits per heavy atom. The Morgan fingerprint density at radius 2 is 2.55 bits per heavy atom. The molecule has 1 fully saturated rings. The number of oxime groups is 1. The first-order valence-corrected chi connectivity index (χ1v) is 4.78. The predicted molar refractivity (Wildman–Crippen MR) is 45.8 cm³/mol. The van der Waals surface area contributed by atoms with E-state index in [2.05, 4.69) is 16.8 Å². The van der Waals surface area contributed by atoms with Crippen LogP contribution in [-0.2, 0) is 4.28 Å². The maximum atomic E-state index is 4.81. The normalized spacial score (nSPS) is 36.3. The Hall–Kier alpha value is -0.380. The first-order chi connectivity index (χ1) is 5.38. The van der Waals surface area contributed by atoms with Crippen LogP contribution in [0.1, 0.15) is 26.2 Å². The fourth-order valence-electron chi connectivity index (χ4n) is 1.83. The van der Waals surface area contributed by atoms with E-state index in [1.807, 2.05) is 0 Å². The molecule has 2 rings (SSSR count). The molecule has 11 heavy (non-hydrogen) atoms. The molecule has 2 unspecified atom stereocenters. The summed E-state index contributed by atoms with van der Waals surface area (Å²) in [4.78, 5) is 0. The van der Waals surface area contributed by atoms with E-state index in [0.717, 1.165) is 11.8 Å². The van der Waals surface area contributed by atoms with E-state index in [-0.39, 0.29) is 0 Å². The molecule has 1 aliphatic heterocycles. The Balaban J connectivity index is 2.03. The van der Waals surface area contributed by atoms with Gasteiger partial charge >= 0.3 is 0 Å². The van der Waals surface area contributed by atoms with Gasteiger partial charge < -0.3 is 0 Å². The monoisotopic (exact) mass is 172 g/mol. The van der Waals surface area contributed by atoms with Gasteiger partial charge in [0.1, 0.15) is 0 Å². The second-order valence-electron chi connectivity index (χ2n) is 3.25. The lowest BCUT2D eigenvalue weighted by Crippen LogP contribution is -2.24. The molecule has 1 N–H and O–H groups in total. The van der Waals surface area contributed by atoms with Gasteiger partial charge in [0, 0.05) is 5.92 Å². The van der Waals surface area contributed by atoms with Crippen LogP contribution in [0.25, 0.3) is 0 Å². The average Bonchev–Trinajstić information content (AvgIpc) is 2.55. The third-order valence-electron chi connectivity index (χ3n) is 2.53. The van der Waals surface area contributed by atoms with Crippen LogP contribution in [0.4, 0.5) is 0 Å². The Morgan fingerprint density at radius 1 is 1.64 bits per heavy atom. The average molecular weight is 172 g/mol. The highest BCUT2D eigenvalue weighted by molar-refractivity contribution is 7.93. The van der Waals surface area contributed by atoms with Gasteiger partial charge in [-0.1, -0.05) is 18.5 Å². The highest BCUT2D eigenvalue weighted by Crippen LogP contribution is 2.33. The van der Waals surface area contributed by atoms with Crippen molar-refractivity contribution in [1.82, 2.24) is 4.72 Å². The van der Waals surface area contributed by atoms with Gasteiger partial charge in [0.05, 0.1) is 0 Å². The molecule has 1 aliphatic carbocycles. The van der Waals surface area contributed by atoms with Crippen molar-refractivity contribution in [2.75, 3.05) is 0 Å². The van der Waals surface area contributed by atoms with Crippen LogP contribution in [0.15, 0.2) is 5.16 Å². The van der Waals surface area contributed by atoms with Crippen molar-refractivity contribution in [2.24, 2.45) is 17.0 Å². The molecule has 0 saturated heterocycles. The van der Waals surface area contributed by atoms with Crippen LogP contribution in [0.3, 0.4) is 0 Å². The summed E-state index contributed by atoms with van der Waals surface area (Å²) in [5, 5.41) is 3.94. The van der Waals surface area contributed by atoms with E-state index in [1.165, 1.54) is 31.5 Å². The Labute approximate surface area is 70.9 Å². The van der Waals surface area contributed by atoms with Crippen LogP contribution in [0, 0.1) is 11.8 Å². The molecule has 0 bridgehead atoms. The van der Waals surface area contributed by atoms with Crippen LogP contribution in [-0.4, -0.2) is 5.84 Å². The minimum Gasteiger partial charge on any atom is -0.297 e. The second-order valence-corrected chi connectivity index (χ2v) is 3.77. The zero-order valence-corrected chi connectivity index (χ0v) is 7.36. The quantitative estimate of drug-likeness (QED) is 0.484. The van der Waals surface area contributed by atoms with E-state index in [1.54, 1.807) is 0 Å². The number of hydrogen-bond acceptors (Lipinski definition) is 4. The minimum absolute atomic E-state index is 0.616. The summed E-state index contributed by atoms with van der Waals surface area (Å²) < 4.78 is 7.88. The first-order valence-electron chi connectivity index (χ1n) is 4.04. The van der Waals surface area contributed by atoms with Gasteiger partial charge in [0.2, 0.25) is 12.2 Å². The molecular weight excluding hydrogens is 160 g/mol. The van der Waals surface area contributed by atoms with Gasteiger partial charge in [-0.25, -0.2) is 0 Å². The zero-order valence-electron chi connectivity index (χ0n) is 6.54. The van der Waals surface area contributed by atoms with E-state index >= 15 is 0 Å². The lowest BCUT2D eigenvalue weighted by molar-refractivity contribution is 0.407. The molecule has 0 spiro atoms. The van der Waals surface area contributed by atoms with Crippen molar-refractivity contribution >= 4 is 18.1 Å². The topological polar surface area (TPSA) is 33.6 Å². The Kier molecular flexibility index (Phi) is 1.94. The van der Waals surface area contributed by atoms with Crippen molar-refractivity contribution < 1.29 is 4.28 Å². The Bertz CT molecular complexity index is 183. The molecule has 0 amide bonds. The SMILES string of the molecule is CC1CCCC1C1=NOSN1. The van der Waals surface area contributed by atoms with Gasteiger partial charge in [-0.2, -0.15) is 0 Å². The summed E-state index contributed by atoms with van der Waals surface area (Å²) in [5.41, 5.74) is 0. The maximum Gasteiger partial charge on any atom is 0.208 e. The molecule has 2 atom stereocenters. The summed E-state index contributed by atoms with van der Waals surface area (Å²) in [7, 11) is 0. The van der Waals surface area contributed by atoms with E-state index in [9.17, 15) is 0 Å². The molecule has 1 saturated carbocycles. The van der Waals surface area contributed by atoms with Gasteiger partial charge in [-0.15, -0.1) is 0 Å². The molecule has 0 radical (unpaired) electrons. The van der Waals surface area contributed by atoms with E-state index in [4.69, 9.17) is 4.28 Å². The van der Waals surface area contributed by atoms with Crippen LogP contribution < -0.4 is 4.72 Å². The van der Waals surface area contributed by atoms with Gasteiger partial charge in [-0.3, -0.25) is 9.01 Å². The fraction of sp³-hybridized carbons (Fsp3) is 0.857. The highest BCUT2D eigenvalue weighted by atomic mass is 32.2. The molecule has 4 heteroatoms. The second kappa shape index (κ2) is 2.93. The largest absolute Gasteiger partial charge is 0.297 e. The first kappa shape index (κ1) is 7.28. The molecule has 0 aromatic carbocycles. The summed E-state index contributed by atoms with van der Waals surface area (Å²) in [6.07, 6.45) is 3.92. The van der Waals surface area contributed by atoms with Crippen molar-refractivity contribution in [2.45, 2.75) is 26.2 Å². The molecule has 2 aliphatic rings. The fourth-order valence-corrected chi connectivity index (χ4v) is 2.26. The lowest BCUT2D eigenvalue weighted by Gasteiger charge is -2.12. The van der Waals surface area contributed by atoms with Crippen molar-refractivity contribution in [3.05, 3.63) is 0 Å². The molecule has 0 aromatic heterocycles. The number of hydrogen-bond donors (Lipinski definition) is 1. The van der Waals surface area contributed by atoms with Crippen LogP contribution in [0.2, 0.25) is 0 Å². The van der Waals surface area contributed by atoms with Crippen molar-refractivity contribution in [1.29, 1.82) is 0 Å². The summed E-state index contributed by atoms with van der Waals surface area (Å²) >= 11 is 1.22. The molecule has 0 aromatic rings. The predicted octanol–water partition coefficient (Wildman–Crippen LogP) is 1.92. The third kappa shape index (κ3) is 1.31. The third-order valence-corrected chi connectivity index (χ3v) is 2.97. The summed E-state index contributed by atoms with van der Waals surface area (Å²) in [5.74, 6) is 2.42. The minimum atomic E-state index is 0.616. The molecule has 62 valence electrons. The molecule has 3 nitrogen and oxygen atoms in total. The zero-order chi connectivity index (χ0) is 7.68. The maximum absolute atomic E-state index is 4.81. The number of amidine groups is 1. The van der Waals surface area contributed by atoms with Crippen molar-refractivity contribution in [3.8, 4) is 0 Å². The van der Waals surface area contributed by atoms with Crippen LogP contribution in [0.5, 0.6) is 0 Å². The molecule has 1 heterocycles. The summed E-state index contributed by atoms with van der Waals surface area (Å²) in [6, 6.07) is 0. The van der Waals surface area contributed by atoms with Gasteiger partial charge in [0.25, 0.3) is 0 Å². The van der Waals surface area contributed by atoms with Crippen LogP contribution >= 0.6 is 12.2 Å². The highest BCUT2D eigenvalue weighted by Gasteiger charge is 2.30. The van der Waals surface area contributed by atoms with Gasteiger partial charge in [-0.05, 0) is 18.8 Å². The van der Waals surface area contributed by atoms with E-state index < -0.39 is 0 Å². The standard InChI is InChI=1S/C7H12N2OS/c1-5-3-2-4-6(5)7-8-10-11-9-7/h5-6H,2-4H2,1H3,(H,8,9). The summed E-state index contributed by atoms with van der Waals surface area (Å²) in [6.45, 7) is 2.28. The number of rotatable bonds is 1. The van der Waals surface area contributed by atoms with Crippen molar-refractivity contribution in [3.63, 3.8) is 0 Å². The number of nitrogens with one attached hydrogen (secondary N) is 1. The molecular formula is C7H12N2OS. The lowest BCUT2D eigenvalue weighted by atomic mass is 9.97. The number of nitrogens with zero attached hydrogens (tertiary/aromatic N) is 1.